The highest BCUT2D eigenvalue weighted by molar-refractivity contribution is 5.39. The van der Waals surface area contributed by atoms with E-state index in [1.807, 2.05) is 6.07 Å². The third-order valence-corrected chi connectivity index (χ3v) is 2.04. The second-order valence-corrected chi connectivity index (χ2v) is 3.12. The molecule has 0 aromatic carbocycles. The summed E-state index contributed by atoms with van der Waals surface area (Å²) >= 11 is 0. The molecule has 0 saturated carbocycles. The molecule has 14 heavy (non-hydrogen) atoms. The van der Waals surface area contributed by atoms with E-state index in [0.717, 1.165) is 24.8 Å². The Morgan fingerprint density at radius 2 is 2.36 bits per heavy atom. The van der Waals surface area contributed by atoms with Gasteiger partial charge in [0.15, 0.2) is 0 Å². The van der Waals surface area contributed by atoms with Crippen LogP contribution in [-0.2, 0) is 6.42 Å². The van der Waals surface area contributed by atoms with Gasteiger partial charge in [-0.3, -0.25) is 0 Å². The zero-order chi connectivity index (χ0) is 10.4. The molecule has 0 aliphatic heterocycles. The van der Waals surface area contributed by atoms with Gasteiger partial charge in [0.25, 0.3) is 0 Å². The minimum Gasteiger partial charge on any atom is -0.480 e. The molecule has 0 N–H and O–H groups in total. The molecule has 0 saturated heterocycles. The first-order chi connectivity index (χ1) is 6.81. The molecule has 0 unspecified atom stereocenters. The number of nitrogens with zero attached hydrogens (tertiary/aromatic N) is 2. The molecule has 0 fully saturated rings. The minimum atomic E-state index is 0.410. The minimum absolute atomic E-state index is 0.410. The van der Waals surface area contributed by atoms with Crippen LogP contribution in [0.1, 0.15) is 30.9 Å². The highest BCUT2D eigenvalue weighted by Crippen LogP contribution is 2.16. The van der Waals surface area contributed by atoms with Gasteiger partial charge < -0.3 is 4.74 Å². The lowest BCUT2D eigenvalue weighted by molar-refractivity contribution is 0.396. The third kappa shape index (κ3) is 2.46. The highest BCUT2D eigenvalue weighted by atomic mass is 16.5. The summed E-state index contributed by atoms with van der Waals surface area (Å²) in [6.45, 7) is 2.14. The van der Waals surface area contributed by atoms with Crippen molar-refractivity contribution in [3.63, 3.8) is 0 Å². The number of nitriles is 1. The monoisotopic (exact) mass is 190 g/mol. The van der Waals surface area contributed by atoms with E-state index >= 15 is 0 Å². The quantitative estimate of drug-likeness (QED) is 0.731. The number of aryl methyl sites for hydroxylation is 1. The molecule has 1 heterocycles. The second kappa shape index (κ2) is 5.23. The summed E-state index contributed by atoms with van der Waals surface area (Å²) in [6, 6.07) is 3.92. The van der Waals surface area contributed by atoms with Crippen LogP contribution >= 0.6 is 0 Å². The van der Waals surface area contributed by atoms with Gasteiger partial charge in [0, 0.05) is 6.20 Å². The SMILES string of the molecule is CCCCc1cnc(OC)c(C#N)c1. The van der Waals surface area contributed by atoms with Crippen molar-refractivity contribution in [1.82, 2.24) is 4.98 Å². The number of methoxy groups -OCH3 is 1. The fourth-order valence-electron chi connectivity index (χ4n) is 1.26. The van der Waals surface area contributed by atoms with E-state index in [0.29, 0.717) is 11.4 Å². The number of hydrogen-bond acceptors (Lipinski definition) is 3. The summed E-state index contributed by atoms with van der Waals surface area (Å²) in [6.07, 6.45) is 5.02. The van der Waals surface area contributed by atoms with Crippen molar-refractivity contribution in [1.29, 1.82) is 5.26 Å². The molecule has 0 amide bonds. The van der Waals surface area contributed by atoms with E-state index in [-0.39, 0.29) is 0 Å². The van der Waals surface area contributed by atoms with Gasteiger partial charge >= 0.3 is 0 Å². The standard InChI is InChI=1S/C11H14N2O/c1-3-4-5-9-6-10(7-12)11(14-2)13-8-9/h6,8H,3-5H2,1-2H3. The van der Waals surface area contributed by atoms with Crippen LogP contribution < -0.4 is 4.74 Å². The first-order valence-corrected chi connectivity index (χ1v) is 4.74. The van der Waals surface area contributed by atoms with Gasteiger partial charge in [0.2, 0.25) is 5.88 Å². The summed E-state index contributed by atoms with van der Waals surface area (Å²) in [5.74, 6) is 0.410. The predicted molar refractivity (Wildman–Crippen MR) is 54.1 cm³/mol. The van der Waals surface area contributed by atoms with Crippen molar-refractivity contribution >= 4 is 0 Å². The Balaban J connectivity index is 2.86. The van der Waals surface area contributed by atoms with Gasteiger partial charge in [-0.05, 0) is 24.5 Å². The Labute approximate surface area is 84.3 Å². The largest absolute Gasteiger partial charge is 0.480 e. The molecule has 1 aromatic heterocycles. The van der Waals surface area contributed by atoms with Gasteiger partial charge in [-0.2, -0.15) is 5.26 Å². The number of rotatable bonds is 4. The Bertz CT molecular complexity index is 342. The molecule has 3 heteroatoms. The Hall–Kier alpha value is -1.56. The highest BCUT2D eigenvalue weighted by Gasteiger charge is 2.04. The lowest BCUT2D eigenvalue weighted by atomic mass is 10.1. The average Bonchev–Trinajstić information content (AvgIpc) is 2.25. The number of unbranched alkanes of at least 4 members (excludes halogenated alkanes) is 1. The molecule has 1 rings (SSSR count). The maximum Gasteiger partial charge on any atom is 0.231 e. The van der Waals surface area contributed by atoms with Crippen molar-refractivity contribution in [3.05, 3.63) is 23.4 Å². The third-order valence-electron chi connectivity index (χ3n) is 2.04. The van der Waals surface area contributed by atoms with Crippen LogP contribution in [0.15, 0.2) is 12.3 Å². The van der Waals surface area contributed by atoms with E-state index < -0.39 is 0 Å². The molecular weight excluding hydrogens is 176 g/mol. The summed E-state index contributed by atoms with van der Waals surface area (Å²) in [5.41, 5.74) is 1.62. The van der Waals surface area contributed by atoms with E-state index in [2.05, 4.69) is 18.0 Å². The normalized spacial score (nSPS) is 9.50. The van der Waals surface area contributed by atoms with Gasteiger partial charge in [-0.1, -0.05) is 13.3 Å². The first kappa shape index (κ1) is 10.5. The van der Waals surface area contributed by atoms with Crippen molar-refractivity contribution < 1.29 is 4.74 Å². The first-order valence-electron chi connectivity index (χ1n) is 4.74. The average molecular weight is 190 g/mol. The van der Waals surface area contributed by atoms with E-state index in [1.165, 1.54) is 7.11 Å². The lowest BCUT2D eigenvalue weighted by Crippen LogP contribution is -1.94. The van der Waals surface area contributed by atoms with Crippen LogP contribution in [0.25, 0.3) is 0 Å². The number of ether oxygens (including phenoxy) is 1. The topological polar surface area (TPSA) is 45.9 Å². The summed E-state index contributed by atoms with van der Waals surface area (Å²) in [5, 5.41) is 8.83. The van der Waals surface area contributed by atoms with Crippen LogP contribution in [0.4, 0.5) is 0 Å². The van der Waals surface area contributed by atoms with Crippen LogP contribution in [-0.4, -0.2) is 12.1 Å². The van der Waals surface area contributed by atoms with Crippen LogP contribution in [0.3, 0.4) is 0 Å². The molecule has 1 aromatic rings. The van der Waals surface area contributed by atoms with Gasteiger partial charge in [0.05, 0.1) is 7.11 Å². The second-order valence-electron chi connectivity index (χ2n) is 3.12. The van der Waals surface area contributed by atoms with Crippen LogP contribution in [0, 0.1) is 11.3 Å². The molecule has 0 spiro atoms. The Morgan fingerprint density at radius 1 is 1.57 bits per heavy atom. The fraction of sp³-hybridized carbons (Fsp3) is 0.455. The fourth-order valence-corrected chi connectivity index (χ4v) is 1.26. The molecule has 0 atom stereocenters. The Morgan fingerprint density at radius 3 is 2.93 bits per heavy atom. The maximum absolute atomic E-state index is 8.83. The summed E-state index contributed by atoms with van der Waals surface area (Å²) < 4.78 is 4.96. The number of aromatic nitrogens is 1. The molecule has 0 aliphatic carbocycles. The maximum atomic E-state index is 8.83. The molecular formula is C11H14N2O. The van der Waals surface area contributed by atoms with E-state index in [9.17, 15) is 0 Å². The summed E-state index contributed by atoms with van der Waals surface area (Å²) in [4.78, 5) is 4.08. The van der Waals surface area contributed by atoms with Gasteiger partial charge in [-0.25, -0.2) is 4.98 Å². The van der Waals surface area contributed by atoms with Crippen molar-refractivity contribution in [2.24, 2.45) is 0 Å². The number of hydrogen-bond donors (Lipinski definition) is 0. The van der Waals surface area contributed by atoms with Crippen LogP contribution in [0.5, 0.6) is 5.88 Å². The van der Waals surface area contributed by atoms with Crippen molar-refractivity contribution in [3.8, 4) is 11.9 Å². The molecule has 74 valence electrons. The summed E-state index contributed by atoms with van der Waals surface area (Å²) in [7, 11) is 1.52. The Kier molecular flexibility index (Phi) is 3.93. The van der Waals surface area contributed by atoms with E-state index in [4.69, 9.17) is 10.00 Å². The zero-order valence-corrected chi connectivity index (χ0v) is 8.58. The predicted octanol–water partition coefficient (Wildman–Crippen LogP) is 2.30. The molecule has 0 bridgehead atoms. The smallest absolute Gasteiger partial charge is 0.231 e. The molecule has 0 aliphatic rings. The lowest BCUT2D eigenvalue weighted by Gasteiger charge is -2.03. The number of pyridine rings is 1. The van der Waals surface area contributed by atoms with Crippen molar-refractivity contribution in [2.75, 3.05) is 7.11 Å². The molecule has 0 radical (unpaired) electrons. The zero-order valence-electron chi connectivity index (χ0n) is 8.58. The van der Waals surface area contributed by atoms with E-state index in [1.54, 1.807) is 6.20 Å². The van der Waals surface area contributed by atoms with Gasteiger partial charge in [0.1, 0.15) is 11.6 Å². The van der Waals surface area contributed by atoms with Gasteiger partial charge in [-0.15, -0.1) is 0 Å². The van der Waals surface area contributed by atoms with Crippen molar-refractivity contribution in [2.45, 2.75) is 26.2 Å². The van der Waals surface area contributed by atoms with Crippen LogP contribution in [0.2, 0.25) is 0 Å². The molecule has 3 nitrogen and oxygen atoms in total.